The third kappa shape index (κ3) is 5.06. The number of hydrogen-bond acceptors (Lipinski definition) is 1. The van der Waals surface area contributed by atoms with Crippen LogP contribution in [-0.2, 0) is 16.6 Å². The van der Waals surface area contributed by atoms with Crippen LogP contribution in [0.2, 0.25) is 0 Å². The molecule has 0 fully saturated rings. The third-order valence-corrected chi connectivity index (χ3v) is 5.29. The molecule has 0 N–H and O–H groups in total. The topological polar surface area (TPSA) is 17.1 Å². The lowest BCUT2D eigenvalue weighted by atomic mass is 9.76. The maximum absolute atomic E-state index is 13.0. The standard InChI is InChI=1S/C25H34O/c1-7-8-16-25(5,6)23(26)18-21-15-14-20(17-22(21)24(2,3)4)19-12-10-9-11-13-19/h9-15,17H,7-8,16,18H2,1-6H3. The number of Topliss-reactive ketones (excluding diaryl/α,β-unsaturated/α-hetero) is 1. The molecular formula is C25H34O. The largest absolute Gasteiger partial charge is 0.299 e. The zero-order valence-corrected chi connectivity index (χ0v) is 17.4. The van der Waals surface area contributed by atoms with Gasteiger partial charge in [-0.2, -0.15) is 0 Å². The molecule has 0 heterocycles. The fourth-order valence-electron chi connectivity index (χ4n) is 3.41. The first-order valence-corrected chi connectivity index (χ1v) is 9.87. The number of benzene rings is 2. The summed E-state index contributed by atoms with van der Waals surface area (Å²) in [6.45, 7) is 13.1. The molecule has 2 aromatic rings. The SMILES string of the molecule is CCCCC(C)(C)C(=O)Cc1ccc(-c2ccccc2)cc1C(C)(C)C. The van der Waals surface area contributed by atoms with Crippen LogP contribution in [-0.4, -0.2) is 5.78 Å². The molecule has 0 atom stereocenters. The summed E-state index contributed by atoms with van der Waals surface area (Å²) in [5.74, 6) is 0.351. The summed E-state index contributed by atoms with van der Waals surface area (Å²) in [6.07, 6.45) is 3.74. The lowest BCUT2D eigenvalue weighted by molar-refractivity contribution is -0.126. The highest BCUT2D eigenvalue weighted by molar-refractivity contribution is 5.86. The molecule has 140 valence electrons. The predicted molar refractivity (Wildman–Crippen MR) is 113 cm³/mol. The molecule has 0 saturated carbocycles. The predicted octanol–water partition coefficient (Wildman–Crippen LogP) is 6.98. The Balaban J connectivity index is 2.35. The van der Waals surface area contributed by atoms with Gasteiger partial charge in [0.1, 0.15) is 5.78 Å². The molecule has 0 aliphatic rings. The highest BCUT2D eigenvalue weighted by Gasteiger charge is 2.28. The van der Waals surface area contributed by atoms with E-state index in [1.165, 1.54) is 22.3 Å². The van der Waals surface area contributed by atoms with Gasteiger partial charge in [0.2, 0.25) is 0 Å². The number of unbranched alkanes of at least 4 members (excludes halogenated alkanes) is 1. The summed E-state index contributed by atoms with van der Waals surface area (Å²) < 4.78 is 0. The van der Waals surface area contributed by atoms with Crippen molar-refractivity contribution >= 4 is 5.78 Å². The van der Waals surface area contributed by atoms with E-state index in [-0.39, 0.29) is 10.8 Å². The lowest BCUT2D eigenvalue weighted by Crippen LogP contribution is -2.27. The fourth-order valence-corrected chi connectivity index (χ4v) is 3.41. The Morgan fingerprint density at radius 1 is 0.885 bits per heavy atom. The van der Waals surface area contributed by atoms with Gasteiger partial charge in [-0.3, -0.25) is 4.79 Å². The maximum atomic E-state index is 13.0. The van der Waals surface area contributed by atoms with Crippen LogP contribution in [0.25, 0.3) is 11.1 Å². The molecule has 26 heavy (non-hydrogen) atoms. The van der Waals surface area contributed by atoms with E-state index >= 15 is 0 Å². The zero-order chi connectivity index (χ0) is 19.4. The van der Waals surface area contributed by atoms with E-state index in [1.54, 1.807) is 0 Å². The van der Waals surface area contributed by atoms with Crippen molar-refractivity contribution < 1.29 is 4.79 Å². The van der Waals surface area contributed by atoms with Crippen molar-refractivity contribution in [1.82, 2.24) is 0 Å². The van der Waals surface area contributed by atoms with Gasteiger partial charge in [0, 0.05) is 11.8 Å². The normalized spacial score (nSPS) is 12.2. The van der Waals surface area contributed by atoms with Crippen molar-refractivity contribution in [2.75, 3.05) is 0 Å². The lowest BCUT2D eigenvalue weighted by Gasteiger charge is -2.27. The average Bonchev–Trinajstić information content (AvgIpc) is 2.60. The quantitative estimate of drug-likeness (QED) is 0.526. The average molecular weight is 351 g/mol. The molecule has 2 aromatic carbocycles. The molecule has 0 aliphatic heterocycles. The molecule has 0 bridgehead atoms. The minimum atomic E-state index is -0.247. The van der Waals surface area contributed by atoms with E-state index in [4.69, 9.17) is 0 Å². The Kier molecular flexibility index (Phi) is 6.44. The molecule has 0 radical (unpaired) electrons. The second kappa shape index (κ2) is 8.20. The second-order valence-corrected chi connectivity index (χ2v) is 9.08. The van der Waals surface area contributed by atoms with E-state index < -0.39 is 0 Å². The minimum Gasteiger partial charge on any atom is -0.299 e. The van der Waals surface area contributed by atoms with E-state index in [0.29, 0.717) is 12.2 Å². The summed E-state index contributed by atoms with van der Waals surface area (Å²) in [5, 5.41) is 0. The Morgan fingerprint density at radius 2 is 1.54 bits per heavy atom. The number of rotatable bonds is 7. The highest BCUT2D eigenvalue weighted by Crippen LogP contribution is 2.33. The Labute approximate surface area is 159 Å². The molecule has 1 nitrogen and oxygen atoms in total. The van der Waals surface area contributed by atoms with Gasteiger partial charge in [-0.05, 0) is 34.1 Å². The maximum Gasteiger partial charge on any atom is 0.142 e. The number of hydrogen-bond donors (Lipinski definition) is 0. The molecule has 0 aromatic heterocycles. The van der Waals surface area contributed by atoms with Gasteiger partial charge in [0.25, 0.3) is 0 Å². The Morgan fingerprint density at radius 3 is 2.12 bits per heavy atom. The highest BCUT2D eigenvalue weighted by atomic mass is 16.1. The smallest absolute Gasteiger partial charge is 0.142 e. The first-order chi connectivity index (χ1) is 12.1. The van der Waals surface area contributed by atoms with Crippen molar-refractivity contribution in [3.63, 3.8) is 0 Å². The van der Waals surface area contributed by atoms with Gasteiger partial charge in [0.05, 0.1) is 0 Å². The van der Waals surface area contributed by atoms with Gasteiger partial charge >= 0.3 is 0 Å². The van der Waals surface area contributed by atoms with Crippen LogP contribution in [0.1, 0.15) is 71.9 Å². The number of ketones is 1. The first kappa shape index (κ1) is 20.4. The van der Waals surface area contributed by atoms with Crippen LogP contribution in [0, 0.1) is 5.41 Å². The van der Waals surface area contributed by atoms with E-state index in [9.17, 15) is 4.79 Å². The van der Waals surface area contributed by atoms with Crippen molar-refractivity contribution in [3.8, 4) is 11.1 Å². The van der Waals surface area contributed by atoms with Crippen LogP contribution in [0.5, 0.6) is 0 Å². The van der Waals surface area contributed by atoms with Gasteiger partial charge < -0.3 is 0 Å². The molecule has 2 rings (SSSR count). The molecule has 1 heteroatoms. The van der Waals surface area contributed by atoms with Crippen molar-refractivity contribution in [3.05, 3.63) is 59.7 Å². The van der Waals surface area contributed by atoms with Gasteiger partial charge in [0.15, 0.2) is 0 Å². The summed E-state index contributed by atoms with van der Waals surface area (Å²) in [6, 6.07) is 17.1. The van der Waals surface area contributed by atoms with Crippen molar-refractivity contribution in [2.24, 2.45) is 5.41 Å². The third-order valence-electron chi connectivity index (χ3n) is 5.29. The summed E-state index contributed by atoms with van der Waals surface area (Å²) in [4.78, 5) is 13.0. The van der Waals surface area contributed by atoms with Crippen LogP contribution >= 0.6 is 0 Å². The van der Waals surface area contributed by atoms with Crippen molar-refractivity contribution in [1.29, 1.82) is 0 Å². The van der Waals surface area contributed by atoms with Crippen LogP contribution in [0.3, 0.4) is 0 Å². The molecule has 0 amide bonds. The van der Waals surface area contributed by atoms with Crippen molar-refractivity contribution in [2.45, 2.75) is 72.6 Å². The van der Waals surface area contributed by atoms with Gasteiger partial charge in [-0.1, -0.05) is 103 Å². The van der Waals surface area contributed by atoms with Crippen LogP contribution < -0.4 is 0 Å². The molecular weight excluding hydrogens is 316 g/mol. The van der Waals surface area contributed by atoms with Crippen LogP contribution in [0.4, 0.5) is 0 Å². The molecule has 0 spiro atoms. The monoisotopic (exact) mass is 350 g/mol. The first-order valence-electron chi connectivity index (χ1n) is 9.87. The van der Waals surface area contributed by atoms with E-state index in [2.05, 4.69) is 84.0 Å². The van der Waals surface area contributed by atoms with Gasteiger partial charge in [-0.25, -0.2) is 0 Å². The fraction of sp³-hybridized carbons (Fsp3) is 0.480. The molecule has 0 unspecified atom stereocenters. The molecule has 0 saturated heterocycles. The summed E-state index contributed by atoms with van der Waals surface area (Å²) in [5.41, 5.74) is 4.65. The van der Waals surface area contributed by atoms with Gasteiger partial charge in [-0.15, -0.1) is 0 Å². The zero-order valence-electron chi connectivity index (χ0n) is 17.4. The van der Waals surface area contributed by atoms with E-state index in [0.717, 1.165) is 19.3 Å². The Hall–Kier alpha value is -1.89. The second-order valence-electron chi connectivity index (χ2n) is 9.08. The summed E-state index contributed by atoms with van der Waals surface area (Å²) in [7, 11) is 0. The number of carbonyl (C=O) groups excluding carboxylic acids is 1. The Bertz CT molecular complexity index is 732. The van der Waals surface area contributed by atoms with Crippen LogP contribution in [0.15, 0.2) is 48.5 Å². The number of carbonyl (C=O) groups is 1. The van der Waals surface area contributed by atoms with E-state index in [1.807, 2.05) is 6.07 Å². The molecule has 0 aliphatic carbocycles. The summed E-state index contributed by atoms with van der Waals surface area (Å²) >= 11 is 0. The minimum absolute atomic E-state index is 0.00790.